The first-order chi connectivity index (χ1) is 8.58. The highest BCUT2D eigenvalue weighted by Crippen LogP contribution is 2.26. The van der Waals surface area contributed by atoms with Gasteiger partial charge in [0.15, 0.2) is 0 Å². The molecule has 1 aliphatic rings. The van der Waals surface area contributed by atoms with Gasteiger partial charge >= 0.3 is 0 Å². The number of rotatable bonds is 1. The van der Waals surface area contributed by atoms with Crippen molar-refractivity contribution in [1.82, 2.24) is 14.7 Å². The third-order valence-corrected chi connectivity index (χ3v) is 3.28. The van der Waals surface area contributed by atoms with Gasteiger partial charge in [-0.15, -0.1) is 0 Å². The van der Waals surface area contributed by atoms with Gasteiger partial charge in [-0.3, -0.25) is 9.48 Å². The second-order valence-corrected chi connectivity index (χ2v) is 4.42. The van der Waals surface area contributed by atoms with Gasteiger partial charge in [0.05, 0.1) is 24.0 Å². The number of amides is 1. The Morgan fingerprint density at radius 1 is 1.61 bits per heavy atom. The van der Waals surface area contributed by atoms with Crippen LogP contribution in [0.4, 0.5) is 0 Å². The summed E-state index contributed by atoms with van der Waals surface area (Å²) in [5.74, 6) is -0.197. The Kier molecular flexibility index (Phi) is 3.19. The van der Waals surface area contributed by atoms with Crippen LogP contribution in [-0.2, 0) is 11.3 Å². The zero-order chi connectivity index (χ0) is 13.3. The first-order valence-electron chi connectivity index (χ1n) is 6.00. The number of allylic oxidation sites excluding steroid dienone is 1. The van der Waals surface area contributed by atoms with E-state index < -0.39 is 0 Å². The minimum Gasteiger partial charge on any atom is -0.328 e. The third kappa shape index (κ3) is 1.90. The van der Waals surface area contributed by atoms with Gasteiger partial charge in [0, 0.05) is 6.54 Å². The molecule has 1 aromatic rings. The number of carbonyl (C=O) groups is 1. The van der Waals surface area contributed by atoms with Crippen LogP contribution < -0.4 is 0 Å². The Labute approximate surface area is 106 Å². The van der Waals surface area contributed by atoms with E-state index in [2.05, 4.69) is 5.10 Å². The molecule has 0 fully saturated rings. The quantitative estimate of drug-likeness (QED) is 0.556. The molecule has 18 heavy (non-hydrogen) atoms. The van der Waals surface area contributed by atoms with Crippen LogP contribution in [-0.4, -0.2) is 27.1 Å². The molecule has 0 spiro atoms. The van der Waals surface area contributed by atoms with Crippen LogP contribution in [0.5, 0.6) is 0 Å². The van der Waals surface area contributed by atoms with E-state index in [1.165, 1.54) is 0 Å². The molecule has 1 unspecified atom stereocenters. The molecule has 1 aliphatic heterocycles. The first-order valence-corrected chi connectivity index (χ1v) is 6.00. The molecule has 2 heterocycles. The van der Waals surface area contributed by atoms with Crippen molar-refractivity contribution in [3.63, 3.8) is 0 Å². The lowest BCUT2D eigenvalue weighted by molar-refractivity contribution is -0.129. The lowest BCUT2D eigenvalue weighted by Crippen LogP contribution is -2.41. The number of nitriles is 1. The number of aromatic nitrogens is 2. The van der Waals surface area contributed by atoms with Gasteiger partial charge in [-0.05, 0) is 26.8 Å². The zero-order valence-corrected chi connectivity index (χ0v) is 10.8. The van der Waals surface area contributed by atoms with Crippen LogP contribution in [0.3, 0.4) is 0 Å². The molecule has 5 heteroatoms. The van der Waals surface area contributed by atoms with Gasteiger partial charge < -0.3 is 4.90 Å². The molecule has 1 aromatic heterocycles. The minimum atomic E-state index is -0.197. The topological polar surface area (TPSA) is 61.9 Å². The van der Waals surface area contributed by atoms with Crippen molar-refractivity contribution < 1.29 is 4.79 Å². The second kappa shape index (κ2) is 4.65. The summed E-state index contributed by atoms with van der Waals surface area (Å²) >= 11 is 0. The van der Waals surface area contributed by atoms with Gasteiger partial charge in [0.1, 0.15) is 11.6 Å². The molecule has 1 atom stereocenters. The lowest BCUT2D eigenvalue weighted by Gasteiger charge is -2.33. The molecule has 0 N–H and O–H groups in total. The summed E-state index contributed by atoms with van der Waals surface area (Å²) < 4.78 is 1.94. The summed E-state index contributed by atoms with van der Waals surface area (Å²) in [6.07, 6.45) is 1.56. The predicted molar refractivity (Wildman–Crippen MR) is 66.5 cm³/mol. The van der Waals surface area contributed by atoms with Crippen molar-refractivity contribution in [3.8, 4) is 6.07 Å². The summed E-state index contributed by atoms with van der Waals surface area (Å²) in [7, 11) is 0. The Hall–Kier alpha value is -2.09. The predicted octanol–water partition coefficient (Wildman–Crippen LogP) is 1.56. The van der Waals surface area contributed by atoms with Crippen molar-refractivity contribution in [1.29, 1.82) is 5.26 Å². The molecule has 5 nitrogen and oxygen atoms in total. The summed E-state index contributed by atoms with van der Waals surface area (Å²) in [5, 5.41) is 13.3. The van der Waals surface area contributed by atoms with Crippen LogP contribution in [0, 0.1) is 18.3 Å². The van der Waals surface area contributed by atoms with E-state index >= 15 is 0 Å². The Bertz CT molecular complexity index is 550. The van der Waals surface area contributed by atoms with E-state index in [0.29, 0.717) is 13.1 Å². The summed E-state index contributed by atoms with van der Waals surface area (Å²) in [5.41, 5.74) is 2.18. The van der Waals surface area contributed by atoms with Gasteiger partial charge in [0.2, 0.25) is 0 Å². The summed E-state index contributed by atoms with van der Waals surface area (Å²) in [4.78, 5) is 13.9. The fraction of sp³-hybridized carbons (Fsp3) is 0.462. The summed E-state index contributed by atoms with van der Waals surface area (Å²) in [6, 6.07) is 3.89. The van der Waals surface area contributed by atoms with Crippen molar-refractivity contribution >= 4 is 5.91 Å². The van der Waals surface area contributed by atoms with E-state index in [-0.39, 0.29) is 17.5 Å². The Balaban J connectivity index is 2.30. The smallest absolute Gasteiger partial charge is 0.264 e. The van der Waals surface area contributed by atoms with Crippen molar-refractivity contribution in [2.75, 3.05) is 6.54 Å². The molecular weight excluding hydrogens is 228 g/mol. The van der Waals surface area contributed by atoms with Crippen LogP contribution in [0.1, 0.15) is 31.3 Å². The number of hydrogen-bond acceptors (Lipinski definition) is 3. The van der Waals surface area contributed by atoms with E-state index in [4.69, 9.17) is 5.26 Å². The third-order valence-electron chi connectivity index (χ3n) is 3.28. The SMILES string of the molecule is C/C=C(\C#N)C(=O)N1CCn2nc(C)cc2C1C. The number of hydrogen-bond donors (Lipinski definition) is 0. The number of fused-ring (bicyclic) bond motifs is 1. The van der Waals surface area contributed by atoms with Crippen molar-refractivity contribution in [2.24, 2.45) is 0 Å². The molecule has 0 bridgehead atoms. The molecular formula is C13H16N4O. The standard InChI is InChI=1S/C13H16N4O/c1-4-11(8-14)13(18)16-5-6-17-12(10(16)3)7-9(2)15-17/h4,7,10H,5-6H2,1-3H3/b11-4+. The minimum absolute atomic E-state index is 0.0456. The van der Waals surface area contributed by atoms with Crippen molar-refractivity contribution in [3.05, 3.63) is 29.1 Å². The number of aryl methyl sites for hydroxylation is 1. The fourth-order valence-electron chi connectivity index (χ4n) is 2.30. The molecule has 0 aromatic carbocycles. The highest BCUT2D eigenvalue weighted by molar-refractivity contribution is 5.97. The summed E-state index contributed by atoms with van der Waals surface area (Å²) in [6.45, 7) is 6.89. The average molecular weight is 244 g/mol. The maximum Gasteiger partial charge on any atom is 0.264 e. The highest BCUT2D eigenvalue weighted by atomic mass is 16.2. The average Bonchev–Trinajstić information content (AvgIpc) is 2.72. The molecule has 0 aliphatic carbocycles. The molecule has 0 saturated heterocycles. The monoisotopic (exact) mass is 244 g/mol. The van der Waals surface area contributed by atoms with Gasteiger partial charge in [0.25, 0.3) is 5.91 Å². The maximum absolute atomic E-state index is 12.2. The Morgan fingerprint density at radius 3 is 2.94 bits per heavy atom. The van der Waals surface area contributed by atoms with Crippen molar-refractivity contribution in [2.45, 2.75) is 33.4 Å². The van der Waals surface area contributed by atoms with E-state index in [9.17, 15) is 4.79 Å². The molecule has 0 radical (unpaired) electrons. The van der Waals surface area contributed by atoms with Crippen LogP contribution >= 0.6 is 0 Å². The molecule has 1 amide bonds. The first kappa shape index (κ1) is 12.4. The molecule has 2 rings (SSSR count). The van der Waals surface area contributed by atoms with E-state index in [0.717, 1.165) is 11.4 Å². The number of nitrogens with zero attached hydrogens (tertiary/aromatic N) is 4. The van der Waals surface area contributed by atoms with Crippen LogP contribution in [0.25, 0.3) is 0 Å². The molecule has 0 saturated carbocycles. The van der Waals surface area contributed by atoms with E-state index in [1.807, 2.05) is 30.7 Å². The highest BCUT2D eigenvalue weighted by Gasteiger charge is 2.30. The van der Waals surface area contributed by atoms with E-state index in [1.54, 1.807) is 17.9 Å². The van der Waals surface area contributed by atoms with Crippen LogP contribution in [0.2, 0.25) is 0 Å². The fourth-order valence-corrected chi connectivity index (χ4v) is 2.30. The van der Waals surface area contributed by atoms with Gasteiger partial charge in [-0.1, -0.05) is 6.08 Å². The maximum atomic E-state index is 12.2. The normalized spacial score (nSPS) is 19.3. The lowest BCUT2D eigenvalue weighted by atomic mass is 10.1. The van der Waals surface area contributed by atoms with Crippen LogP contribution in [0.15, 0.2) is 17.7 Å². The zero-order valence-electron chi connectivity index (χ0n) is 10.8. The van der Waals surface area contributed by atoms with Gasteiger partial charge in [-0.25, -0.2) is 0 Å². The number of carbonyl (C=O) groups excluding carboxylic acids is 1. The second-order valence-electron chi connectivity index (χ2n) is 4.42. The van der Waals surface area contributed by atoms with Gasteiger partial charge in [-0.2, -0.15) is 10.4 Å². The largest absolute Gasteiger partial charge is 0.328 e. The molecule has 94 valence electrons. The Morgan fingerprint density at radius 2 is 2.33 bits per heavy atom.